The van der Waals surface area contributed by atoms with Gasteiger partial charge in [0.25, 0.3) is 0 Å². The Morgan fingerprint density at radius 1 is 0.636 bits per heavy atom. The number of fused-ring (bicyclic) bond motifs is 4. The standard InChI is InChI=1S/C27H48Si.2CH3.2ClH.Zr/c1-18(2)25-17-27(23-12-8-7-11-21(23)25)28(3,4)26-16-15-22-20-10-6-5-9-19(20)13-14-24(22)26;;;;;/h18-27H,5-17H2,1-4H3;2*1H3;2*1H;/q;2*-1;;;+4/p-2. The molecular weight excluding hydrogens is 539 g/mol. The van der Waals surface area contributed by atoms with E-state index in [-0.39, 0.29) is 14.9 Å². The van der Waals surface area contributed by atoms with Gasteiger partial charge in [0.05, 0.1) is 8.07 Å². The SMILES string of the molecule is CC(C)C1CC([Si](C)(C)C2CCC3C4CCCCC4CCC32)C2CCCCC12.[CH3-].[CH3-].[Cl][Zr+2][Cl]. The van der Waals surface area contributed by atoms with E-state index >= 15 is 0 Å². The minimum absolute atomic E-state index is 0. The second-order valence-electron chi connectivity index (χ2n) is 13.1. The molecular formula is C29H54Cl2SiZr. The van der Waals surface area contributed by atoms with Crippen molar-refractivity contribution in [3.63, 3.8) is 0 Å². The molecule has 0 nitrogen and oxygen atoms in total. The Hall–Kier alpha value is 1.68. The zero-order valence-corrected chi connectivity index (χ0v) is 27.7. The van der Waals surface area contributed by atoms with E-state index in [1.807, 2.05) is 0 Å². The third-order valence-electron chi connectivity index (χ3n) is 11.5. The van der Waals surface area contributed by atoms with Crippen LogP contribution in [0.15, 0.2) is 0 Å². The van der Waals surface area contributed by atoms with Crippen molar-refractivity contribution in [3.8, 4) is 0 Å². The van der Waals surface area contributed by atoms with E-state index < -0.39 is 28.9 Å². The Labute approximate surface area is 228 Å². The fourth-order valence-corrected chi connectivity index (χ4v) is 15.7. The molecule has 0 aromatic rings. The maximum absolute atomic E-state index is 4.93. The first-order chi connectivity index (χ1) is 14.9. The van der Waals surface area contributed by atoms with E-state index in [1.54, 1.807) is 77.0 Å². The van der Waals surface area contributed by atoms with Crippen LogP contribution in [-0.2, 0) is 20.8 Å². The predicted octanol–water partition coefficient (Wildman–Crippen LogP) is 10.8. The summed E-state index contributed by atoms with van der Waals surface area (Å²) in [5.74, 6) is 8.82. The van der Waals surface area contributed by atoms with Crippen LogP contribution in [-0.4, -0.2) is 8.07 Å². The third kappa shape index (κ3) is 6.23. The van der Waals surface area contributed by atoms with E-state index in [9.17, 15) is 0 Å². The summed E-state index contributed by atoms with van der Waals surface area (Å²) in [5, 5.41) is 0. The number of hydrogen-bond acceptors (Lipinski definition) is 0. The summed E-state index contributed by atoms with van der Waals surface area (Å²) < 4.78 is 0. The van der Waals surface area contributed by atoms with Gasteiger partial charge < -0.3 is 14.9 Å². The monoisotopic (exact) mass is 590 g/mol. The van der Waals surface area contributed by atoms with Crippen molar-refractivity contribution in [3.05, 3.63) is 14.9 Å². The Kier molecular flexibility index (Phi) is 12.6. The first kappa shape index (κ1) is 30.9. The van der Waals surface area contributed by atoms with Gasteiger partial charge in [0.1, 0.15) is 0 Å². The van der Waals surface area contributed by atoms with Crippen LogP contribution in [0.25, 0.3) is 0 Å². The summed E-state index contributed by atoms with van der Waals surface area (Å²) >= 11 is -0.826. The Bertz CT molecular complexity index is 582. The van der Waals surface area contributed by atoms with Crippen molar-refractivity contribution in [2.75, 3.05) is 0 Å². The number of rotatable bonds is 3. The van der Waals surface area contributed by atoms with Gasteiger partial charge in [0.15, 0.2) is 0 Å². The van der Waals surface area contributed by atoms with E-state index in [0.29, 0.717) is 0 Å². The summed E-state index contributed by atoms with van der Waals surface area (Å²) in [6.45, 7) is 10.9. The van der Waals surface area contributed by atoms with Crippen LogP contribution < -0.4 is 0 Å². The molecule has 5 fully saturated rings. The minimum atomic E-state index is -1.20. The van der Waals surface area contributed by atoms with E-state index in [2.05, 4.69) is 26.9 Å². The van der Waals surface area contributed by atoms with Crippen LogP contribution in [0.1, 0.15) is 97.3 Å². The van der Waals surface area contributed by atoms with Gasteiger partial charge in [-0.3, -0.25) is 0 Å². The fraction of sp³-hybridized carbons (Fsp3) is 0.931. The Morgan fingerprint density at radius 2 is 1.15 bits per heavy atom. The maximum atomic E-state index is 4.93. The molecule has 9 atom stereocenters. The molecule has 192 valence electrons. The third-order valence-corrected chi connectivity index (χ3v) is 16.7. The van der Waals surface area contributed by atoms with Crippen molar-refractivity contribution < 1.29 is 20.8 Å². The molecule has 0 bridgehead atoms. The van der Waals surface area contributed by atoms with Gasteiger partial charge in [0.2, 0.25) is 0 Å². The molecule has 0 aromatic heterocycles. The van der Waals surface area contributed by atoms with Crippen molar-refractivity contribution in [1.82, 2.24) is 0 Å². The van der Waals surface area contributed by atoms with Gasteiger partial charge in [0, 0.05) is 0 Å². The van der Waals surface area contributed by atoms with Gasteiger partial charge >= 0.3 is 37.9 Å². The predicted molar refractivity (Wildman–Crippen MR) is 149 cm³/mol. The van der Waals surface area contributed by atoms with Gasteiger partial charge in [-0.2, -0.15) is 0 Å². The second-order valence-corrected chi connectivity index (χ2v) is 21.9. The number of halogens is 2. The first-order valence-electron chi connectivity index (χ1n) is 13.9. The molecule has 5 aliphatic carbocycles. The molecule has 0 aliphatic heterocycles. The van der Waals surface area contributed by atoms with Crippen LogP contribution in [0, 0.1) is 62.2 Å². The first-order valence-corrected chi connectivity index (χ1v) is 23.3. The molecule has 5 rings (SSSR count). The van der Waals surface area contributed by atoms with Crippen molar-refractivity contribution >= 4 is 25.1 Å². The Morgan fingerprint density at radius 3 is 1.79 bits per heavy atom. The summed E-state index contributed by atoms with van der Waals surface area (Å²) in [6.07, 6.45) is 20.7. The summed E-state index contributed by atoms with van der Waals surface area (Å²) in [5.41, 5.74) is 2.34. The van der Waals surface area contributed by atoms with Crippen LogP contribution in [0.2, 0.25) is 24.2 Å². The molecule has 0 saturated heterocycles. The van der Waals surface area contributed by atoms with E-state index in [0.717, 1.165) is 52.9 Å². The summed E-state index contributed by atoms with van der Waals surface area (Å²) in [7, 11) is 8.67. The van der Waals surface area contributed by atoms with Gasteiger partial charge in [-0.15, -0.1) is 0 Å². The zero-order chi connectivity index (χ0) is 22.2. The van der Waals surface area contributed by atoms with Crippen LogP contribution in [0.5, 0.6) is 0 Å². The summed E-state index contributed by atoms with van der Waals surface area (Å²) in [6, 6.07) is 0. The van der Waals surface area contributed by atoms with Crippen molar-refractivity contribution in [2.24, 2.45) is 47.3 Å². The van der Waals surface area contributed by atoms with Gasteiger partial charge in [-0.05, 0) is 97.0 Å². The van der Waals surface area contributed by atoms with Crippen molar-refractivity contribution in [1.29, 1.82) is 0 Å². The molecule has 5 aliphatic rings. The zero-order valence-electron chi connectivity index (χ0n) is 22.7. The van der Waals surface area contributed by atoms with Crippen molar-refractivity contribution in [2.45, 2.75) is 121 Å². The number of hydrogen-bond donors (Lipinski definition) is 0. The van der Waals surface area contributed by atoms with E-state index in [4.69, 9.17) is 17.0 Å². The van der Waals surface area contributed by atoms with Crippen LogP contribution in [0.4, 0.5) is 0 Å². The Balaban J connectivity index is 0.000000733. The van der Waals surface area contributed by atoms with Gasteiger partial charge in [-0.25, -0.2) is 0 Å². The van der Waals surface area contributed by atoms with Gasteiger partial charge in [-0.1, -0.05) is 71.9 Å². The molecule has 0 amide bonds. The normalized spacial score (nSPS) is 41.8. The van der Waals surface area contributed by atoms with Crippen LogP contribution in [0.3, 0.4) is 0 Å². The fourth-order valence-electron chi connectivity index (χ4n) is 10.3. The van der Waals surface area contributed by atoms with E-state index in [1.165, 1.54) is 12.0 Å². The molecule has 0 aromatic carbocycles. The molecule has 4 heteroatoms. The molecule has 0 spiro atoms. The summed E-state index contributed by atoms with van der Waals surface area (Å²) in [4.78, 5) is 0. The molecule has 0 radical (unpaired) electrons. The molecule has 9 unspecified atom stereocenters. The molecule has 0 N–H and O–H groups in total. The molecule has 33 heavy (non-hydrogen) atoms. The topological polar surface area (TPSA) is 0 Å². The van der Waals surface area contributed by atoms with Crippen LogP contribution >= 0.6 is 17.0 Å². The quantitative estimate of drug-likeness (QED) is 0.226. The average Bonchev–Trinajstić information content (AvgIpc) is 3.37. The molecule has 5 saturated carbocycles. The molecule has 0 heterocycles. The average molecular weight is 593 g/mol. The second kappa shape index (κ2) is 13.5.